The molecule has 0 saturated carbocycles. The molecule has 1 rings (SSSR count). The van der Waals surface area contributed by atoms with Crippen molar-refractivity contribution in [1.29, 1.82) is 0 Å². The van der Waals surface area contributed by atoms with Crippen molar-refractivity contribution in [3.8, 4) is 11.8 Å². The molecule has 0 spiro atoms. The number of benzene rings is 1. The van der Waals surface area contributed by atoms with Gasteiger partial charge in [-0.15, -0.1) is 0 Å². The van der Waals surface area contributed by atoms with Crippen LogP contribution in [0.5, 0.6) is 0 Å². The SMILES string of the molecule is O=Cc1c(Cl)cccc1C#CCS. The molecule has 0 aliphatic heterocycles. The van der Waals surface area contributed by atoms with Gasteiger partial charge in [-0.3, -0.25) is 4.79 Å². The third-order valence-corrected chi connectivity index (χ3v) is 1.96. The molecule has 0 heterocycles. The summed E-state index contributed by atoms with van der Waals surface area (Å²) in [6, 6.07) is 5.18. The molecule has 0 N–H and O–H groups in total. The van der Waals surface area contributed by atoms with Gasteiger partial charge in [0, 0.05) is 11.1 Å². The summed E-state index contributed by atoms with van der Waals surface area (Å²) < 4.78 is 0. The topological polar surface area (TPSA) is 17.1 Å². The summed E-state index contributed by atoms with van der Waals surface area (Å²) in [6.45, 7) is 0. The molecule has 3 heteroatoms. The summed E-state index contributed by atoms with van der Waals surface area (Å²) in [5, 5.41) is 0.431. The van der Waals surface area contributed by atoms with E-state index in [9.17, 15) is 4.79 Å². The van der Waals surface area contributed by atoms with Crippen LogP contribution in [-0.4, -0.2) is 12.0 Å². The molecular weight excluding hydrogens is 204 g/mol. The predicted molar refractivity (Wildman–Crippen MR) is 57.6 cm³/mol. The van der Waals surface area contributed by atoms with E-state index >= 15 is 0 Å². The number of aldehydes is 1. The van der Waals surface area contributed by atoms with Crippen LogP contribution in [0.15, 0.2) is 18.2 Å². The molecule has 0 unspecified atom stereocenters. The first-order chi connectivity index (χ1) is 6.29. The second-order valence-corrected chi connectivity index (χ2v) is 3.00. The van der Waals surface area contributed by atoms with E-state index in [0.29, 0.717) is 28.2 Å². The van der Waals surface area contributed by atoms with Crippen LogP contribution in [0.4, 0.5) is 0 Å². The van der Waals surface area contributed by atoms with E-state index < -0.39 is 0 Å². The van der Waals surface area contributed by atoms with Crippen molar-refractivity contribution in [2.75, 3.05) is 5.75 Å². The largest absolute Gasteiger partial charge is 0.298 e. The third-order valence-electron chi connectivity index (χ3n) is 1.47. The summed E-state index contributed by atoms with van der Waals surface area (Å²) in [5.41, 5.74) is 1.09. The summed E-state index contributed by atoms with van der Waals surface area (Å²) in [7, 11) is 0. The molecule has 0 aliphatic rings. The van der Waals surface area contributed by atoms with Crippen molar-refractivity contribution in [2.24, 2.45) is 0 Å². The van der Waals surface area contributed by atoms with Gasteiger partial charge < -0.3 is 0 Å². The molecule has 0 amide bonds. The highest BCUT2D eigenvalue weighted by Gasteiger charge is 2.02. The Balaban J connectivity index is 3.20. The second kappa shape index (κ2) is 4.96. The standard InChI is InChI=1S/C10H7ClOS/c11-10-5-1-3-8(4-2-6-13)9(10)7-12/h1,3,5,7,13H,6H2. The third kappa shape index (κ3) is 2.51. The zero-order valence-corrected chi connectivity index (χ0v) is 8.40. The smallest absolute Gasteiger partial charge is 0.152 e. The predicted octanol–water partition coefficient (Wildman–Crippen LogP) is 2.43. The quantitative estimate of drug-likeness (QED) is 0.428. The molecule has 66 valence electrons. The molecule has 1 aromatic carbocycles. The summed E-state index contributed by atoms with van der Waals surface area (Å²) in [4.78, 5) is 10.6. The van der Waals surface area contributed by atoms with Gasteiger partial charge in [-0.25, -0.2) is 0 Å². The highest BCUT2D eigenvalue weighted by atomic mass is 35.5. The monoisotopic (exact) mass is 210 g/mol. The van der Waals surface area contributed by atoms with Crippen LogP contribution in [0.2, 0.25) is 5.02 Å². The van der Waals surface area contributed by atoms with Gasteiger partial charge in [0.05, 0.1) is 10.8 Å². The maximum Gasteiger partial charge on any atom is 0.152 e. The fourth-order valence-corrected chi connectivity index (χ4v) is 1.20. The Morgan fingerprint density at radius 3 is 2.92 bits per heavy atom. The Morgan fingerprint density at radius 2 is 2.31 bits per heavy atom. The molecule has 0 saturated heterocycles. The Bertz CT molecular complexity index is 376. The van der Waals surface area contributed by atoms with Crippen molar-refractivity contribution in [3.63, 3.8) is 0 Å². The van der Waals surface area contributed by atoms with Gasteiger partial charge >= 0.3 is 0 Å². The minimum absolute atomic E-state index is 0.431. The van der Waals surface area contributed by atoms with Gasteiger partial charge in [-0.1, -0.05) is 29.5 Å². The maximum absolute atomic E-state index is 10.6. The van der Waals surface area contributed by atoms with E-state index in [1.54, 1.807) is 18.2 Å². The molecule has 0 radical (unpaired) electrons. The fourth-order valence-electron chi connectivity index (χ4n) is 0.901. The lowest BCUT2D eigenvalue weighted by Gasteiger charge is -1.97. The van der Waals surface area contributed by atoms with Crippen LogP contribution >= 0.6 is 24.2 Å². The lowest BCUT2D eigenvalue weighted by atomic mass is 10.1. The first-order valence-corrected chi connectivity index (χ1v) is 4.64. The lowest BCUT2D eigenvalue weighted by Crippen LogP contribution is -1.88. The van der Waals surface area contributed by atoms with Gasteiger partial charge in [0.15, 0.2) is 6.29 Å². The number of thiol groups is 1. The van der Waals surface area contributed by atoms with E-state index in [1.165, 1.54) is 0 Å². The number of halogens is 1. The molecular formula is C10H7ClOS. The Labute approximate surface area is 87.5 Å². The lowest BCUT2D eigenvalue weighted by molar-refractivity contribution is 0.112. The molecule has 0 atom stereocenters. The van der Waals surface area contributed by atoms with E-state index in [1.807, 2.05) is 0 Å². The Kier molecular flexibility index (Phi) is 3.88. The van der Waals surface area contributed by atoms with Crippen molar-refractivity contribution in [2.45, 2.75) is 0 Å². The van der Waals surface area contributed by atoms with Crippen molar-refractivity contribution >= 4 is 30.5 Å². The van der Waals surface area contributed by atoms with E-state index in [0.717, 1.165) is 0 Å². The second-order valence-electron chi connectivity index (χ2n) is 2.28. The Morgan fingerprint density at radius 1 is 1.54 bits per heavy atom. The maximum atomic E-state index is 10.6. The molecule has 13 heavy (non-hydrogen) atoms. The average molecular weight is 211 g/mol. The van der Waals surface area contributed by atoms with Crippen molar-refractivity contribution in [1.82, 2.24) is 0 Å². The molecule has 0 bridgehead atoms. The van der Waals surface area contributed by atoms with Crippen molar-refractivity contribution in [3.05, 3.63) is 34.3 Å². The van der Waals surface area contributed by atoms with Crippen LogP contribution in [0.3, 0.4) is 0 Å². The Hall–Kier alpha value is -0.910. The van der Waals surface area contributed by atoms with Crippen LogP contribution in [0, 0.1) is 11.8 Å². The average Bonchev–Trinajstić information content (AvgIpc) is 2.15. The van der Waals surface area contributed by atoms with Gasteiger partial charge in [-0.05, 0) is 12.1 Å². The summed E-state index contributed by atoms with van der Waals surface area (Å²) in [6.07, 6.45) is 0.713. The van der Waals surface area contributed by atoms with Crippen molar-refractivity contribution < 1.29 is 4.79 Å². The summed E-state index contributed by atoms with van der Waals surface area (Å²) in [5.74, 6) is 6.04. The van der Waals surface area contributed by atoms with Gasteiger partial charge in [-0.2, -0.15) is 12.6 Å². The first kappa shape index (κ1) is 10.2. The normalized spacial score (nSPS) is 8.77. The molecule has 1 aromatic rings. The molecule has 0 aromatic heterocycles. The van der Waals surface area contributed by atoms with Crippen LogP contribution < -0.4 is 0 Å². The van der Waals surface area contributed by atoms with Crippen LogP contribution in [0.25, 0.3) is 0 Å². The summed E-state index contributed by atoms with van der Waals surface area (Å²) >= 11 is 9.74. The zero-order valence-electron chi connectivity index (χ0n) is 6.75. The molecule has 0 aliphatic carbocycles. The highest BCUT2D eigenvalue weighted by Crippen LogP contribution is 2.16. The van der Waals surface area contributed by atoms with Gasteiger partial charge in [0.2, 0.25) is 0 Å². The fraction of sp³-hybridized carbons (Fsp3) is 0.100. The number of carbonyl (C=O) groups excluding carboxylic acids is 1. The minimum Gasteiger partial charge on any atom is -0.298 e. The van der Waals surface area contributed by atoms with Gasteiger partial charge in [0.25, 0.3) is 0 Å². The number of rotatable bonds is 1. The van der Waals surface area contributed by atoms with Crippen LogP contribution in [0.1, 0.15) is 15.9 Å². The van der Waals surface area contributed by atoms with E-state index in [-0.39, 0.29) is 0 Å². The number of hydrogen-bond acceptors (Lipinski definition) is 2. The molecule has 0 fully saturated rings. The minimum atomic E-state index is 0.431. The number of carbonyl (C=O) groups is 1. The van der Waals surface area contributed by atoms with E-state index in [2.05, 4.69) is 24.5 Å². The first-order valence-electron chi connectivity index (χ1n) is 3.63. The number of hydrogen-bond donors (Lipinski definition) is 1. The van der Waals surface area contributed by atoms with Crippen LogP contribution in [-0.2, 0) is 0 Å². The van der Waals surface area contributed by atoms with Gasteiger partial charge in [0.1, 0.15) is 0 Å². The highest BCUT2D eigenvalue weighted by molar-refractivity contribution is 7.80. The zero-order chi connectivity index (χ0) is 9.68. The van der Waals surface area contributed by atoms with E-state index in [4.69, 9.17) is 11.6 Å². The molecule has 1 nitrogen and oxygen atoms in total.